The van der Waals surface area contributed by atoms with Crippen molar-refractivity contribution < 1.29 is 28.8 Å². The normalized spacial score (nSPS) is 8.00. The molecule has 0 N–H and O–H groups in total. The third-order valence-corrected chi connectivity index (χ3v) is 0.781. The van der Waals surface area contributed by atoms with Gasteiger partial charge < -0.3 is 9.90 Å². The van der Waals surface area contributed by atoms with Gasteiger partial charge in [-0.2, -0.15) is 5.10 Å². The molecule has 1 aromatic rings. The van der Waals surface area contributed by atoms with Gasteiger partial charge in [-0.05, 0) is 12.1 Å². The first-order chi connectivity index (χ1) is 4.30. The molecule has 1 rings (SSSR count). The van der Waals surface area contributed by atoms with Gasteiger partial charge >= 0.3 is 18.9 Å². The van der Waals surface area contributed by atoms with Crippen LogP contribution >= 0.6 is 0 Å². The second-order valence-electron chi connectivity index (χ2n) is 1.40. The molecule has 0 amide bonds. The second-order valence-corrected chi connectivity index (χ2v) is 1.40. The first kappa shape index (κ1) is 9.15. The zero-order valence-electron chi connectivity index (χ0n) is 5.44. The van der Waals surface area contributed by atoms with Crippen molar-refractivity contribution in [3.63, 3.8) is 0 Å². The molecule has 0 aliphatic heterocycles. The molecule has 0 fully saturated rings. The van der Waals surface area contributed by atoms with Crippen LogP contribution in [0.25, 0.3) is 0 Å². The minimum Gasteiger partial charge on any atom is -0.543 e. The molecular formula is C5H3LiN2O2. The molecule has 0 unspecified atom stereocenters. The van der Waals surface area contributed by atoms with Crippen LogP contribution in [0.15, 0.2) is 18.3 Å². The minimum absolute atomic E-state index is 0. The van der Waals surface area contributed by atoms with E-state index in [0.717, 1.165) is 0 Å². The third kappa shape index (κ3) is 2.17. The van der Waals surface area contributed by atoms with Crippen molar-refractivity contribution in [3.8, 4) is 0 Å². The maximum Gasteiger partial charge on any atom is 1.00 e. The Bertz CT molecular complexity index is 214. The topological polar surface area (TPSA) is 65.9 Å². The van der Waals surface area contributed by atoms with E-state index in [2.05, 4.69) is 10.2 Å². The van der Waals surface area contributed by atoms with Crippen molar-refractivity contribution in [2.75, 3.05) is 0 Å². The Morgan fingerprint density at radius 1 is 1.60 bits per heavy atom. The van der Waals surface area contributed by atoms with Gasteiger partial charge in [0.1, 0.15) is 5.69 Å². The fourth-order valence-electron chi connectivity index (χ4n) is 0.410. The predicted molar refractivity (Wildman–Crippen MR) is 26.4 cm³/mol. The standard InChI is InChI=1S/C5H4N2O2.Li/c8-5(9)4-2-1-3-6-7-4;/h1-3H,(H,8,9);/q;+1/p-1. The van der Waals surface area contributed by atoms with E-state index < -0.39 is 5.97 Å². The molecule has 0 bridgehead atoms. The summed E-state index contributed by atoms with van der Waals surface area (Å²) in [4.78, 5) is 9.99. The minimum atomic E-state index is -1.30. The zero-order chi connectivity index (χ0) is 6.69. The average molecular weight is 130 g/mol. The van der Waals surface area contributed by atoms with Crippen molar-refractivity contribution in [3.05, 3.63) is 24.0 Å². The van der Waals surface area contributed by atoms with Crippen LogP contribution < -0.4 is 24.0 Å². The Morgan fingerprint density at radius 3 is 2.60 bits per heavy atom. The smallest absolute Gasteiger partial charge is 0.543 e. The Morgan fingerprint density at radius 2 is 2.30 bits per heavy atom. The van der Waals surface area contributed by atoms with Crippen LogP contribution in [0.3, 0.4) is 0 Å². The maximum atomic E-state index is 9.99. The maximum absolute atomic E-state index is 9.99. The van der Waals surface area contributed by atoms with E-state index in [1.165, 1.54) is 18.3 Å². The summed E-state index contributed by atoms with van der Waals surface area (Å²) in [6.45, 7) is 0. The molecule has 0 saturated carbocycles. The fourth-order valence-corrected chi connectivity index (χ4v) is 0.410. The van der Waals surface area contributed by atoms with Crippen LogP contribution in [0.5, 0.6) is 0 Å². The van der Waals surface area contributed by atoms with E-state index in [-0.39, 0.29) is 24.6 Å². The summed E-state index contributed by atoms with van der Waals surface area (Å²) in [5.74, 6) is -1.30. The van der Waals surface area contributed by atoms with Crippen molar-refractivity contribution in [1.82, 2.24) is 10.2 Å². The van der Waals surface area contributed by atoms with Gasteiger partial charge in [0.2, 0.25) is 0 Å². The molecule has 0 aliphatic rings. The largest absolute Gasteiger partial charge is 1.00 e. The van der Waals surface area contributed by atoms with E-state index in [9.17, 15) is 9.90 Å². The van der Waals surface area contributed by atoms with Crippen LogP contribution in [0.4, 0.5) is 0 Å². The first-order valence-electron chi connectivity index (χ1n) is 2.30. The van der Waals surface area contributed by atoms with E-state index >= 15 is 0 Å². The van der Waals surface area contributed by atoms with Gasteiger partial charge in [-0.25, -0.2) is 0 Å². The predicted octanol–water partition coefficient (Wildman–Crippen LogP) is -4.16. The summed E-state index contributed by atoms with van der Waals surface area (Å²) < 4.78 is 0. The number of carbonyl (C=O) groups is 1. The molecule has 0 aliphatic carbocycles. The number of nitrogens with zero attached hydrogens (tertiary/aromatic N) is 2. The van der Waals surface area contributed by atoms with Crippen molar-refractivity contribution in [1.29, 1.82) is 0 Å². The summed E-state index contributed by atoms with van der Waals surface area (Å²) in [6, 6.07) is 2.81. The Balaban J connectivity index is 0.000000810. The van der Waals surface area contributed by atoms with E-state index in [4.69, 9.17) is 0 Å². The van der Waals surface area contributed by atoms with Crippen molar-refractivity contribution >= 4 is 5.97 Å². The number of hydrogen-bond donors (Lipinski definition) is 0. The van der Waals surface area contributed by atoms with Gasteiger partial charge in [0.15, 0.2) is 0 Å². The summed E-state index contributed by atoms with van der Waals surface area (Å²) in [7, 11) is 0. The van der Waals surface area contributed by atoms with Crippen LogP contribution in [0.1, 0.15) is 10.5 Å². The second kappa shape index (κ2) is 4.04. The van der Waals surface area contributed by atoms with Crippen LogP contribution in [0, 0.1) is 0 Å². The van der Waals surface area contributed by atoms with E-state index in [0.29, 0.717) is 0 Å². The number of aromatic nitrogens is 2. The summed E-state index contributed by atoms with van der Waals surface area (Å²) in [5.41, 5.74) is -0.141. The summed E-state index contributed by atoms with van der Waals surface area (Å²) in [5, 5.41) is 16.6. The van der Waals surface area contributed by atoms with Crippen LogP contribution in [0.2, 0.25) is 0 Å². The molecule has 0 spiro atoms. The average Bonchev–Trinajstić information content (AvgIpc) is 1.90. The summed E-state index contributed by atoms with van der Waals surface area (Å²) in [6.07, 6.45) is 1.40. The molecule has 1 aromatic heterocycles. The summed E-state index contributed by atoms with van der Waals surface area (Å²) >= 11 is 0. The Hall–Kier alpha value is -0.853. The van der Waals surface area contributed by atoms with Gasteiger partial charge in [-0.1, -0.05) is 0 Å². The van der Waals surface area contributed by atoms with Gasteiger partial charge in [-0.3, -0.25) is 0 Å². The molecule has 5 heteroatoms. The quantitative estimate of drug-likeness (QED) is 0.362. The van der Waals surface area contributed by atoms with Gasteiger partial charge in [0.05, 0.1) is 5.97 Å². The molecule has 0 saturated heterocycles. The molecule has 46 valence electrons. The molecule has 4 nitrogen and oxygen atoms in total. The van der Waals surface area contributed by atoms with Crippen molar-refractivity contribution in [2.45, 2.75) is 0 Å². The van der Waals surface area contributed by atoms with Gasteiger partial charge in [-0.15, -0.1) is 5.10 Å². The number of carbonyl (C=O) groups excluding carboxylic acids is 1. The van der Waals surface area contributed by atoms with Crippen LogP contribution in [-0.2, 0) is 0 Å². The Kier molecular flexibility index (Phi) is 3.70. The van der Waals surface area contributed by atoms with Gasteiger partial charge in [0, 0.05) is 6.20 Å². The van der Waals surface area contributed by atoms with Crippen LogP contribution in [-0.4, -0.2) is 16.2 Å². The third-order valence-electron chi connectivity index (χ3n) is 0.781. The number of aromatic carboxylic acids is 1. The first-order valence-corrected chi connectivity index (χ1v) is 2.30. The van der Waals surface area contributed by atoms with Crippen molar-refractivity contribution in [2.24, 2.45) is 0 Å². The monoisotopic (exact) mass is 130 g/mol. The molecular weight excluding hydrogens is 127 g/mol. The van der Waals surface area contributed by atoms with E-state index in [1.54, 1.807) is 0 Å². The molecule has 0 atom stereocenters. The zero-order valence-corrected chi connectivity index (χ0v) is 5.44. The molecule has 0 radical (unpaired) electrons. The van der Waals surface area contributed by atoms with E-state index in [1.807, 2.05) is 0 Å². The SMILES string of the molecule is O=C([O-])c1cccnn1.[Li+]. The number of hydrogen-bond acceptors (Lipinski definition) is 4. The number of carboxylic acid groups (broad SMARTS) is 1. The Labute approximate surface area is 69.5 Å². The van der Waals surface area contributed by atoms with Gasteiger partial charge in [0.25, 0.3) is 0 Å². The fraction of sp³-hybridized carbons (Fsp3) is 0. The number of rotatable bonds is 1. The molecule has 0 aromatic carbocycles. The molecule has 10 heavy (non-hydrogen) atoms. The number of carboxylic acids is 1. The molecule has 1 heterocycles.